The first-order chi connectivity index (χ1) is 18.0. The molecule has 1 aromatic carbocycles. The second-order valence-corrected chi connectivity index (χ2v) is 9.92. The van der Waals surface area contributed by atoms with Gasteiger partial charge in [-0.1, -0.05) is 12.1 Å². The van der Waals surface area contributed by atoms with E-state index >= 15 is 0 Å². The van der Waals surface area contributed by atoms with Crippen molar-refractivity contribution in [2.45, 2.75) is 19.0 Å². The molecule has 0 unspecified atom stereocenters. The number of rotatable bonds is 7. The fourth-order valence-corrected chi connectivity index (χ4v) is 5.04. The molecule has 3 aromatic heterocycles. The third-order valence-electron chi connectivity index (χ3n) is 7.27. The fourth-order valence-electron chi connectivity index (χ4n) is 5.04. The molecule has 0 radical (unpaired) electrons. The number of benzene rings is 1. The van der Waals surface area contributed by atoms with E-state index in [1.54, 1.807) is 12.3 Å². The van der Waals surface area contributed by atoms with Crippen molar-refractivity contribution in [3.8, 4) is 11.1 Å². The van der Waals surface area contributed by atoms with Crippen molar-refractivity contribution >= 4 is 22.4 Å². The molecule has 5 heterocycles. The molecule has 4 aromatic rings. The monoisotopic (exact) mass is 497 g/mol. The number of aromatic nitrogens is 4. The van der Waals surface area contributed by atoms with E-state index in [1.165, 1.54) is 5.69 Å². The summed E-state index contributed by atoms with van der Waals surface area (Å²) in [6, 6.07) is 12.2. The van der Waals surface area contributed by atoms with Crippen molar-refractivity contribution < 1.29 is 9.53 Å². The Labute approximate surface area is 215 Å². The Bertz CT molecular complexity index is 1440. The fraction of sp³-hybridized carbons (Fsp3) is 0.357. The van der Waals surface area contributed by atoms with Crippen LogP contribution in [0, 0.1) is 0 Å². The second kappa shape index (κ2) is 10.0. The van der Waals surface area contributed by atoms with E-state index in [-0.39, 0.29) is 18.2 Å². The summed E-state index contributed by atoms with van der Waals surface area (Å²) in [7, 11) is 1.99. The molecule has 9 heteroatoms. The van der Waals surface area contributed by atoms with Gasteiger partial charge in [0.05, 0.1) is 31.5 Å². The maximum absolute atomic E-state index is 13.1. The molecular weight excluding hydrogens is 466 g/mol. The van der Waals surface area contributed by atoms with Gasteiger partial charge in [-0.25, -0.2) is 4.98 Å². The van der Waals surface area contributed by atoms with Gasteiger partial charge in [-0.15, -0.1) is 0 Å². The van der Waals surface area contributed by atoms with Gasteiger partial charge >= 0.3 is 0 Å². The van der Waals surface area contributed by atoms with E-state index in [2.05, 4.69) is 43.1 Å². The number of hydrogen-bond acceptors (Lipinski definition) is 8. The van der Waals surface area contributed by atoms with Crippen LogP contribution >= 0.6 is 0 Å². The van der Waals surface area contributed by atoms with Crippen molar-refractivity contribution in [1.82, 2.24) is 24.6 Å². The number of pyridine rings is 2. The highest BCUT2D eigenvalue weighted by atomic mass is 16.5. The minimum Gasteiger partial charge on any atom is -0.379 e. The van der Waals surface area contributed by atoms with E-state index in [0.29, 0.717) is 5.56 Å². The molecule has 2 fully saturated rings. The number of anilines is 1. The van der Waals surface area contributed by atoms with Crippen molar-refractivity contribution in [3.05, 3.63) is 71.9 Å². The SMILES string of the molecule is Cn1ncc(-c2ccc3cnc(CC(=O)c4ccnc(N5CC(N)C5)c4)cc3c2)c1CN1CCOCC1. The van der Waals surface area contributed by atoms with Crippen LogP contribution in [0.3, 0.4) is 0 Å². The van der Waals surface area contributed by atoms with Crippen molar-refractivity contribution in [2.75, 3.05) is 44.3 Å². The molecule has 0 amide bonds. The molecule has 0 atom stereocenters. The van der Waals surface area contributed by atoms with Crippen LogP contribution in [0.5, 0.6) is 0 Å². The predicted octanol–water partition coefficient (Wildman–Crippen LogP) is 2.44. The van der Waals surface area contributed by atoms with Gasteiger partial charge in [0.1, 0.15) is 5.82 Å². The third kappa shape index (κ3) is 4.98. The van der Waals surface area contributed by atoms with Gasteiger partial charge in [-0.05, 0) is 35.2 Å². The average molecular weight is 498 g/mol. The Morgan fingerprint density at radius 2 is 1.89 bits per heavy atom. The lowest BCUT2D eigenvalue weighted by Crippen LogP contribution is -2.56. The number of hydrogen-bond donors (Lipinski definition) is 1. The highest BCUT2D eigenvalue weighted by molar-refractivity contribution is 5.98. The smallest absolute Gasteiger partial charge is 0.169 e. The Hall–Kier alpha value is -3.66. The molecule has 9 nitrogen and oxygen atoms in total. The number of carbonyl (C=O) groups is 1. The summed E-state index contributed by atoms with van der Waals surface area (Å²) < 4.78 is 7.46. The van der Waals surface area contributed by atoms with E-state index in [4.69, 9.17) is 10.5 Å². The van der Waals surface area contributed by atoms with Gasteiger partial charge in [0.25, 0.3) is 0 Å². The normalized spacial score (nSPS) is 16.8. The van der Waals surface area contributed by atoms with Crippen LogP contribution in [-0.4, -0.2) is 75.9 Å². The molecule has 2 aliphatic rings. The summed E-state index contributed by atoms with van der Waals surface area (Å²) in [6.45, 7) is 5.76. The molecule has 2 N–H and O–H groups in total. The quantitative estimate of drug-likeness (QED) is 0.389. The first kappa shape index (κ1) is 23.7. The van der Waals surface area contributed by atoms with Gasteiger partial charge in [0, 0.05) is 80.4 Å². The van der Waals surface area contributed by atoms with Gasteiger partial charge in [0.2, 0.25) is 0 Å². The highest BCUT2D eigenvalue weighted by Gasteiger charge is 2.25. The van der Waals surface area contributed by atoms with Gasteiger partial charge in [0.15, 0.2) is 5.78 Å². The summed E-state index contributed by atoms with van der Waals surface area (Å²) in [5.41, 5.74) is 10.7. The molecule has 0 spiro atoms. The van der Waals surface area contributed by atoms with Gasteiger partial charge in [-0.3, -0.25) is 19.4 Å². The van der Waals surface area contributed by atoms with Crippen LogP contribution in [0.2, 0.25) is 0 Å². The van der Waals surface area contributed by atoms with Gasteiger partial charge in [-0.2, -0.15) is 5.10 Å². The number of aryl methyl sites for hydroxylation is 1. The number of nitrogens with zero attached hydrogens (tertiary/aromatic N) is 6. The maximum Gasteiger partial charge on any atom is 0.169 e. The highest BCUT2D eigenvalue weighted by Crippen LogP contribution is 2.28. The topological polar surface area (TPSA) is 102 Å². The molecule has 0 bridgehead atoms. The zero-order valence-corrected chi connectivity index (χ0v) is 21.0. The number of ketones is 1. The maximum atomic E-state index is 13.1. The Morgan fingerprint density at radius 1 is 1.05 bits per heavy atom. The summed E-state index contributed by atoms with van der Waals surface area (Å²) in [5, 5.41) is 6.65. The summed E-state index contributed by atoms with van der Waals surface area (Å²) in [6.07, 6.45) is 5.71. The Kier molecular flexibility index (Phi) is 6.42. The average Bonchev–Trinajstić information content (AvgIpc) is 3.26. The first-order valence-electron chi connectivity index (χ1n) is 12.7. The number of carbonyl (C=O) groups excluding carboxylic acids is 1. The molecule has 0 aliphatic carbocycles. The molecule has 6 rings (SSSR count). The zero-order chi connectivity index (χ0) is 25.4. The third-order valence-corrected chi connectivity index (χ3v) is 7.27. The first-order valence-corrected chi connectivity index (χ1v) is 12.7. The van der Waals surface area contributed by atoms with Gasteiger partial charge < -0.3 is 15.4 Å². The van der Waals surface area contributed by atoms with Crippen LogP contribution in [0.4, 0.5) is 5.82 Å². The van der Waals surface area contributed by atoms with E-state index in [0.717, 1.165) is 79.3 Å². The molecule has 2 saturated heterocycles. The van der Waals surface area contributed by atoms with E-state index in [1.807, 2.05) is 36.3 Å². The lowest BCUT2D eigenvalue weighted by Gasteiger charge is -2.37. The summed E-state index contributed by atoms with van der Waals surface area (Å²) in [5.74, 6) is 0.824. The molecule has 37 heavy (non-hydrogen) atoms. The summed E-state index contributed by atoms with van der Waals surface area (Å²) >= 11 is 0. The van der Waals surface area contributed by atoms with Crippen LogP contribution in [0.1, 0.15) is 21.7 Å². The molecule has 2 aliphatic heterocycles. The van der Waals surface area contributed by atoms with Crippen molar-refractivity contribution in [2.24, 2.45) is 12.8 Å². The summed E-state index contributed by atoms with van der Waals surface area (Å²) in [4.78, 5) is 26.5. The second-order valence-electron chi connectivity index (χ2n) is 9.92. The number of ether oxygens (including phenoxy) is 1. The van der Waals surface area contributed by atoms with Crippen molar-refractivity contribution in [1.29, 1.82) is 0 Å². The zero-order valence-electron chi connectivity index (χ0n) is 21.0. The van der Waals surface area contributed by atoms with Crippen LogP contribution in [0.15, 0.2) is 55.0 Å². The van der Waals surface area contributed by atoms with Crippen LogP contribution < -0.4 is 10.6 Å². The number of nitrogens with two attached hydrogens (primary N) is 1. The standard InChI is InChI=1S/C28H31N7O2/c1-33-26(18-34-6-8-37-9-7-34)25(15-32-33)19-2-3-21-14-31-24(11-22(21)10-19)13-27(36)20-4-5-30-28(12-20)35-16-23(29)17-35/h2-5,10-12,14-15,23H,6-9,13,16-18,29H2,1H3. The lowest BCUT2D eigenvalue weighted by molar-refractivity contribution is 0.0332. The van der Waals surface area contributed by atoms with Crippen LogP contribution in [-0.2, 0) is 24.8 Å². The minimum absolute atomic E-state index is 0.0246. The number of fused-ring (bicyclic) bond motifs is 1. The van der Waals surface area contributed by atoms with E-state index in [9.17, 15) is 4.79 Å². The Balaban J connectivity index is 1.23. The largest absolute Gasteiger partial charge is 0.379 e. The number of Topliss-reactive ketones (excluding diaryl/α,β-unsaturated/α-hetero) is 1. The van der Waals surface area contributed by atoms with E-state index < -0.39 is 0 Å². The number of morpholine rings is 1. The Morgan fingerprint density at radius 3 is 2.70 bits per heavy atom. The van der Waals surface area contributed by atoms with Crippen molar-refractivity contribution in [3.63, 3.8) is 0 Å². The van der Waals surface area contributed by atoms with Crippen LogP contribution in [0.25, 0.3) is 21.9 Å². The molecule has 0 saturated carbocycles. The lowest BCUT2D eigenvalue weighted by atomic mass is 10.0. The molecular formula is C28H31N7O2. The predicted molar refractivity (Wildman–Crippen MR) is 143 cm³/mol. The minimum atomic E-state index is 0.0246. The molecule has 190 valence electrons.